The normalized spacial score (nSPS) is 21.0. The van der Waals surface area contributed by atoms with E-state index in [0.29, 0.717) is 17.4 Å². The predicted molar refractivity (Wildman–Crippen MR) is 159 cm³/mol. The van der Waals surface area contributed by atoms with Crippen LogP contribution in [0, 0.1) is 18.7 Å². The molecule has 0 spiro atoms. The number of carbonyl (C=O) groups is 3. The van der Waals surface area contributed by atoms with Gasteiger partial charge in [-0.2, -0.15) is 0 Å². The second-order valence-corrected chi connectivity index (χ2v) is 12.2. The lowest BCUT2D eigenvalue weighted by Crippen LogP contribution is -2.55. The summed E-state index contributed by atoms with van der Waals surface area (Å²) < 4.78 is 32.7. The van der Waals surface area contributed by atoms with E-state index in [9.17, 15) is 24.6 Å². The molecular formula is C30H34FN5O8. The van der Waals surface area contributed by atoms with Gasteiger partial charge in [-0.15, -0.1) is 0 Å². The highest BCUT2D eigenvalue weighted by Crippen LogP contribution is 2.43. The molecule has 14 heteroatoms. The lowest BCUT2D eigenvalue weighted by atomic mass is 9.69. The van der Waals surface area contributed by atoms with Crippen LogP contribution in [-0.4, -0.2) is 68.9 Å². The highest BCUT2D eigenvalue weighted by Gasteiger charge is 2.49. The van der Waals surface area contributed by atoms with Crippen LogP contribution in [-0.2, 0) is 9.47 Å². The predicted octanol–water partition coefficient (Wildman–Crippen LogP) is 5.68. The molecule has 1 aromatic carbocycles. The van der Waals surface area contributed by atoms with Gasteiger partial charge in [0.15, 0.2) is 5.82 Å². The summed E-state index contributed by atoms with van der Waals surface area (Å²) in [5.74, 6) is -0.891. The molecule has 234 valence electrons. The molecule has 3 atom stereocenters. The Morgan fingerprint density at radius 3 is 2.50 bits per heavy atom. The van der Waals surface area contributed by atoms with Crippen molar-refractivity contribution < 1.29 is 43.2 Å². The standard InChI is InChI=1S/C30H34FN5O8/c1-14-18(12-33-25-24(14)36(28(39)40)7-8-42-25)17-9-16-10-21(34-26(37)43-20-11-30(6,41)15(20)2)32-13-19(16)23(22(17)31)35-27(38)44-29(3,4)5/h9-10,12-13,15,20,41H,7-8,11H2,1-6H3,(H,35,38)(H,39,40)(H,32,34,37)/t15-,20+,30+/m1/s1. The molecule has 0 saturated heterocycles. The van der Waals surface area contributed by atoms with Crippen LogP contribution in [0.2, 0.25) is 0 Å². The van der Waals surface area contributed by atoms with Gasteiger partial charge in [0.25, 0.3) is 0 Å². The third-order valence-electron chi connectivity index (χ3n) is 7.85. The topological polar surface area (TPSA) is 172 Å². The van der Waals surface area contributed by atoms with Crippen LogP contribution in [0.5, 0.6) is 5.88 Å². The molecule has 3 amide bonds. The molecule has 2 aliphatic rings. The number of benzene rings is 1. The molecule has 1 fully saturated rings. The summed E-state index contributed by atoms with van der Waals surface area (Å²) in [6.07, 6.45) is -0.402. The molecule has 3 aromatic rings. The SMILES string of the molecule is Cc1c(-c2cc3cc(NC(=O)O[C@H]4C[C@](C)(O)[C@@H]4C)ncc3c(NC(=O)OC(C)(C)C)c2F)cnc2c1N(C(=O)O)CCO2. The first-order valence-electron chi connectivity index (χ1n) is 14.0. The first-order chi connectivity index (χ1) is 20.6. The second kappa shape index (κ2) is 11.1. The van der Waals surface area contributed by atoms with Gasteiger partial charge in [0.2, 0.25) is 5.88 Å². The Bertz CT molecular complexity index is 1670. The van der Waals surface area contributed by atoms with Crippen molar-refractivity contribution in [1.29, 1.82) is 0 Å². The van der Waals surface area contributed by atoms with Crippen molar-refractivity contribution in [2.45, 2.75) is 65.3 Å². The summed E-state index contributed by atoms with van der Waals surface area (Å²) in [6.45, 7) is 10.3. The maximum Gasteiger partial charge on any atom is 0.413 e. The summed E-state index contributed by atoms with van der Waals surface area (Å²) in [6, 6.07) is 2.97. The number of pyridine rings is 2. The van der Waals surface area contributed by atoms with Gasteiger partial charge in [-0.25, -0.2) is 28.7 Å². The van der Waals surface area contributed by atoms with Gasteiger partial charge in [0.1, 0.15) is 29.8 Å². The summed E-state index contributed by atoms with van der Waals surface area (Å²) in [7, 11) is 0. The average molecular weight is 612 g/mol. The maximum absolute atomic E-state index is 16.4. The average Bonchev–Trinajstić information content (AvgIpc) is 2.93. The fraction of sp³-hybridized carbons (Fsp3) is 0.433. The number of ether oxygens (including phenoxy) is 3. The summed E-state index contributed by atoms with van der Waals surface area (Å²) >= 11 is 0. The number of anilines is 3. The largest absolute Gasteiger partial charge is 0.474 e. The molecule has 44 heavy (non-hydrogen) atoms. The van der Waals surface area contributed by atoms with Crippen molar-refractivity contribution in [3.05, 3.63) is 35.9 Å². The van der Waals surface area contributed by atoms with Gasteiger partial charge in [-0.3, -0.25) is 15.5 Å². The highest BCUT2D eigenvalue weighted by molar-refractivity contribution is 6.04. The van der Waals surface area contributed by atoms with E-state index >= 15 is 4.39 Å². The quantitative estimate of drug-likeness (QED) is 0.288. The summed E-state index contributed by atoms with van der Waals surface area (Å²) in [5, 5.41) is 25.5. The lowest BCUT2D eigenvalue weighted by Gasteiger charge is -2.46. The van der Waals surface area contributed by atoms with Crippen molar-refractivity contribution in [3.63, 3.8) is 0 Å². The molecular weight excluding hydrogens is 577 g/mol. The van der Waals surface area contributed by atoms with Gasteiger partial charge < -0.3 is 24.4 Å². The van der Waals surface area contributed by atoms with Crippen molar-refractivity contribution in [3.8, 4) is 17.0 Å². The molecule has 1 saturated carbocycles. The van der Waals surface area contributed by atoms with E-state index in [2.05, 4.69) is 20.6 Å². The molecule has 1 aliphatic carbocycles. The Labute approximate surface area is 252 Å². The first kappa shape index (κ1) is 30.7. The van der Waals surface area contributed by atoms with Crippen LogP contribution in [0.3, 0.4) is 0 Å². The minimum absolute atomic E-state index is 0.00229. The minimum Gasteiger partial charge on any atom is -0.474 e. The van der Waals surface area contributed by atoms with Crippen LogP contribution >= 0.6 is 0 Å². The van der Waals surface area contributed by atoms with Gasteiger partial charge in [-0.05, 0) is 57.7 Å². The van der Waals surface area contributed by atoms with Crippen LogP contribution in [0.1, 0.15) is 46.6 Å². The zero-order chi connectivity index (χ0) is 32.1. The third kappa shape index (κ3) is 5.89. The van der Waals surface area contributed by atoms with E-state index in [0.717, 1.165) is 4.90 Å². The van der Waals surface area contributed by atoms with Crippen LogP contribution in [0.25, 0.3) is 21.9 Å². The van der Waals surface area contributed by atoms with Gasteiger partial charge in [0, 0.05) is 41.2 Å². The number of fused-ring (bicyclic) bond motifs is 2. The van der Waals surface area contributed by atoms with E-state index in [1.54, 1.807) is 41.5 Å². The Hall–Kier alpha value is -4.72. The second-order valence-electron chi connectivity index (χ2n) is 12.2. The highest BCUT2D eigenvalue weighted by atomic mass is 19.1. The van der Waals surface area contributed by atoms with Crippen LogP contribution in [0.15, 0.2) is 24.5 Å². The number of rotatable bonds is 4. The Balaban J connectivity index is 1.57. The number of halogens is 1. The maximum atomic E-state index is 16.4. The zero-order valence-corrected chi connectivity index (χ0v) is 25.1. The number of aliphatic hydroxyl groups is 1. The number of aromatic nitrogens is 2. The number of carboxylic acid groups (broad SMARTS) is 1. The lowest BCUT2D eigenvalue weighted by molar-refractivity contribution is -0.153. The molecule has 0 bridgehead atoms. The molecule has 13 nitrogen and oxygen atoms in total. The van der Waals surface area contributed by atoms with Crippen molar-refractivity contribution in [2.24, 2.45) is 5.92 Å². The van der Waals surface area contributed by atoms with Crippen LogP contribution in [0.4, 0.5) is 36.0 Å². The Morgan fingerprint density at radius 1 is 1.14 bits per heavy atom. The van der Waals surface area contributed by atoms with Crippen molar-refractivity contribution in [1.82, 2.24) is 9.97 Å². The van der Waals surface area contributed by atoms with E-state index < -0.39 is 41.4 Å². The van der Waals surface area contributed by atoms with Crippen molar-refractivity contribution in [2.75, 3.05) is 28.7 Å². The van der Waals surface area contributed by atoms with Crippen LogP contribution < -0.4 is 20.3 Å². The number of nitrogens with zero attached hydrogens (tertiary/aromatic N) is 3. The first-order valence-corrected chi connectivity index (χ1v) is 14.0. The molecule has 0 radical (unpaired) electrons. The molecule has 2 aromatic heterocycles. The smallest absolute Gasteiger partial charge is 0.413 e. The number of amides is 3. The van der Waals surface area contributed by atoms with E-state index in [4.69, 9.17) is 14.2 Å². The fourth-order valence-corrected chi connectivity index (χ4v) is 5.29. The van der Waals surface area contributed by atoms with E-state index in [1.165, 1.54) is 24.5 Å². The summed E-state index contributed by atoms with van der Waals surface area (Å²) in [5.41, 5.74) is -1.19. The zero-order valence-electron chi connectivity index (χ0n) is 25.1. The molecule has 3 heterocycles. The van der Waals surface area contributed by atoms with E-state index in [1.807, 2.05) is 0 Å². The molecule has 1 aliphatic heterocycles. The van der Waals surface area contributed by atoms with Gasteiger partial charge in [-0.1, -0.05) is 6.92 Å². The molecule has 0 unspecified atom stereocenters. The molecule has 4 N–H and O–H groups in total. The monoisotopic (exact) mass is 611 g/mol. The molecule has 5 rings (SSSR count). The van der Waals surface area contributed by atoms with E-state index in [-0.39, 0.29) is 58.7 Å². The number of carbonyl (C=O) groups excluding carboxylic acids is 2. The number of nitrogens with one attached hydrogen (secondary N) is 2. The summed E-state index contributed by atoms with van der Waals surface area (Å²) in [4.78, 5) is 46.9. The minimum atomic E-state index is -1.21. The number of hydrogen-bond acceptors (Lipinski definition) is 9. The Kier molecular flexibility index (Phi) is 7.74. The number of hydrogen-bond donors (Lipinski definition) is 4. The van der Waals surface area contributed by atoms with Gasteiger partial charge >= 0.3 is 18.3 Å². The Morgan fingerprint density at radius 2 is 1.86 bits per heavy atom. The third-order valence-corrected chi connectivity index (χ3v) is 7.85. The van der Waals surface area contributed by atoms with Gasteiger partial charge in [0.05, 0.1) is 17.8 Å². The van der Waals surface area contributed by atoms with Crippen molar-refractivity contribution >= 4 is 46.2 Å². The fourth-order valence-electron chi connectivity index (χ4n) is 5.29.